The van der Waals surface area contributed by atoms with Gasteiger partial charge in [-0.05, 0) is 35.9 Å². The Morgan fingerprint density at radius 3 is 2.80 bits per heavy atom. The lowest BCUT2D eigenvalue weighted by Gasteiger charge is -2.08. The van der Waals surface area contributed by atoms with Crippen LogP contribution in [0.4, 0.5) is 4.39 Å². The summed E-state index contributed by atoms with van der Waals surface area (Å²) in [6.07, 6.45) is 0.0645. The van der Waals surface area contributed by atoms with Crippen LogP contribution in [0.3, 0.4) is 0 Å². The molecule has 0 aliphatic carbocycles. The summed E-state index contributed by atoms with van der Waals surface area (Å²) < 4.78 is 19.7. The van der Waals surface area contributed by atoms with Gasteiger partial charge in [-0.3, -0.25) is 4.79 Å². The van der Waals surface area contributed by atoms with E-state index in [1.807, 2.05) is 0 Å². The van der Waals surface area contributed by atoms with E-state index in [2.05, 4.69) is 15.9 Å². The first-order chi connectivity index (χ1) is 9.52. The van der Waals surface area contributed by atoms with Crippen molar-refractivity contribution >= 4 is 33.3 Å². The Morgan fingerprint density at radius 2 is 2.10 bits per heavy atom. The molecule has 2 rings (SSSR count). The molecule has 0 atom stereocenters. The third-order valence-electron chi connectivity index (χ3n) is 2.86. The number of rotatable bonds is 4. The lowest BCUT2D eigenvalue weighted by atomic mass is 10.0. The zero-order valence-corrected chi connectivity index (χ0v) is 13.0. The number of benzene rings is 2. The average Bonchev–Trinajstić information content (AvgIpc) is 2.44. The molecule has 0 saturated carbocycles. The van der Waals surface area contributed by atoms with Gasteiger partial charge in [0.15, 0.2) is 11.6 Å². The van der Waals surface area contributed by atoms with E-state index in [0.29, 0.717) is 5.75 Å². The molecule has 0 N–H and O–H groups in total. The summed E-state index contributed by atoms with van der Waals surface area (Å²) in [5, 5.41) is -0.0550. The second-order valence-corrected chi connectivity index (χ2v) is 5.42. The number of carbonyl (C=O) groups is 1. The Balaban J connectivity index is 2.30. The maximum atomic E-state index is 13.8. The van der Waals surface area contributed by atoms with Crippen LogP contribution >= 0.6 is 27.5 Å². The molecule has 0 spiro atoms. The molecule has 2 aromatic rings. The van der Waals surface area contributed by atoms with Crippen LogP contribution < -0.4 is 4.74 Å². The number of methoxy groups -OCH3 is 1. The average molecular weight is 358 g/mol. The molecule has 5 heteroatoms. The molecular formula is C15H11BrClFO2. The number of hydrogen-bond acceptors (Lipinski definition) is 2. The maximum Gasteiger partial charge on any atom is 0.170 e. The normalized spacial score (nSPS) is 10.4. The summed E-state index contributed by atoms with van der Waals surface area (Å²) >= 11 is 9.05. The third-order valence-corrected chi connectivity index (χ3v) is 3.92. The van der Waals surface area contributed by atoms with E-state index in [9.17, 15) is 9.18 Å². The molecule has 104 valence electrons. The molecule has 0 amide bonds. The fourth-order valence-electron chi connectivity index (χ4n) is 1.80. The predicted octanol–water partition coefficient (Wildman–Crippen LogP) is 4.68. The van der Waals surface area contributed by atoms with Gasteiger partial charge in [-0.15, -0.1) is 0 Å². The van der Waals surface area contributed by atoms with Crippen molar-refractivity contribution in [1.29, 1.82) is 0 Å². The van der Waals surface area contributed by atoms with Crippen LogP contribution in [0.5, 0.6) is 5.75 Å². The Labute approximate surface area is 129 Å². The van der Waals surface area contributed by atoms with E-state index in [4.69, 9.17) is 16.3 Å². The first-order valence-electron chi connectivity index (χ1n) is 5.82. The monoisotopic (exact) mass is 356 g/mol. The minimum Gasteiger partial charge on any atom is -0.497 e. The van der Waals surface area contributed by atoms with Crippen molar-refractivity contribution in [3.05, 3.63) is 62.8 Å². The highest BCUT2D eigenvalue weighted by molar-refractivity contribution is 9.10. The molecule has 0 saturated heterocycles. The highest BCUT2D eigenvalue weighted by Crippen LogP contribution is 2.25. The molecule has 2 nitrogen and oxygen atoms in total. The van der Waals surface area contributed by atoms with Gasteiger partial charge < -0.3 is 4.74 Å². The van der Waals surface area contributed by atoms with Crippen LogP contribution in [0.25, 0.3) is 0 Å². The number of ketones is 1. The van der Waals surface area contributed by atoms with Crippen molar-refractivity contribution in [1.82, 2.24) is 0 Å². The van der Waals surface area contributed by atoms with Gasteiger partial charge in [0.05, 0.1) is 17.7 Å². The van der Waals surface area contributed by atoms with Crippen molar-refractivity contribution in [3.8, 4) is 5.75 Å². The molecule has 0 aliphatic rings. The Hall–Kier alpha value is -1.39. The summed E-state index contributed by atoms with van der Waals surface area (Å²) in [7, 11) is 1.55. The van der Waals surface area contributed by atoms with Crippen LogP contribution in [-0.4, -0.2) is 12.9 Å². The van der Waals surface area contributed by atoms with Crippen molar-refractivity contribution < 1.29 is 13.9 Å². The Kier molecular flexibility index (Phi) is 4.78. The van der Waals surface area contributed by atoms with Gasteiger partial charge in [0.2, 0.25) is 0 Å². The number of halogens is 3. The van der Waals surface area contributed by atoms with Crippen molar-refractivity contribution in [2.75, 3.05) is 7.11 Å². The zero-order chi connectivity index (χ0) is 14.7. The molecule has 0 bridgehead atoms. The molecule has 0 aliphatic heterocycles. The highest BCUT2D eigenvalue weighted by Gasteiger charge is 2.16. The van der Waals surface area contributed by atoms with Crippen molar-refractivity contribution in [2.24, 2.45) is 0 Å². The largest absolute Gasteiger partial charge is 0.497 e. The Morgan fingerprint density at radius 1 is 1.35 bits per heavy atom. The Bertz CT molecular complexity index is 658. The summed E-state index contributed by atoms with van der Waals surface area (Å²) in [4.78, 5) is 12.2. The summed E-state index contributed by atoms with van der Waals surface area (Å²) in [5.41, 5.74) is 0.723. The smallest absolute Gasteiger partial charge is 0.170 e. The number of hydrogen-bond donors (Lipinski definition) is 0. The van der Waals surface area contributed by atoms with Crippen LogP contribution in [0.1, 0.15) is 15.9 Å². The fraction of sp³-hybridized carbons (Fsp3) is 0.133. The first-order valence-corrected chi connectivity index (χ1v) is 6.99. The fourth-order valence-corrected chi connectivity index (χ4v) is 2.36. The van der Waals surface area contributed by atoms with Crippen LogP contribution in [0.2, 0.25) is 5.02 Å². The van der Waals surface area contributed by atoms with Crippen LogP contribution in [-0.2, 0) is 6.42 Å². The second kappa shape index (κ2) is 6.37. The molecule has 0 heterocycles. The van der Waals surface area contributed by atoms with E-state index < -0.39 is 5.82 Å². The van der Waals surface area contributed by atoms with Gasteiger partial charge in [0, 0.05) is 10.9 Å². The van der Waals surface area contributed by atoms with Crippen molar-refractivity contribution in [3.63, 3.8) is 0 Å². The van der Waals surface area contributed by atoms with Crippen LogP contribution in [0, 0.1) is 5.82 Å². The number of Topliss-reactive ketones (excluding diaryl/α,β-unsaturated/α-hetero) is 1. The zero-order valence-electron chi connectivity index (χ0n) is 10.6. The first kappa shape index (κ1) is 15.0. The van der Waals surface area contributed by atoms with E-state index in [1.54, 1.807) is 31.4 Å². The lowest BCUT2D eigenvalue weighted by molar-refractivity contribution is 0.0989. The summed E-state index contributed by atoms with van der Waals surface area (Å²) in [6, 6.07) is 9.70. The predicted molar refractivity (Wildman–Crippen MR) is 80.1 cm³/mol. The molecule has 2 aromatic carbocycles. The topological polar surface area (TPSA) is 26.3 Å². The highest BCUT2D eigenvalue weighted by atomic mass is 79.9. The van der Waals surface area contributed by atoms with Gasteiger partial charge in [0.1, 0.15) is 5.75 Å². The SMILES string of the molecule is COc1ccc(Br)c(CC(=O)c2cccc(Cl)c2F)c1. The number of carbonyl (C=O) groups excluding carboxylic acids is 1. The van der Waals surface area contributed by atoms with Gasteiger partial charge >= 0.3 is 0 Å². The van der Waals surface area contributed by atoms with Gasteiger partial charge in [0.25, 0.3) is 0 Å². The van der Waals surface area contributed by atoms with E-state index in [0.717, 1.165) is 10.0 Å². The molecule has 0 aromatic heterocycles. The van der Waals surface area contributed by atoms with Crippen LogP contribution in [0.15, 0.2) is 40.9 Å². The minimum atomic E-state index is -0.682. The van der Waals surface area contributed by atoms with Gasteiger partial charge in [-0.25, -0.2) is 4.39 Å². The van der Waals surface area contributed by atoms with Gasteiger partial charge in [-0.2, -0.15) is 0 Å². The molecule has 0 radical (unpaired) electrons. The third kappa shape index (κ3) is 3.19. The van der Waals surface area contributed by atoms with E-state index >= 15 is 0 Å². The quantitative estimate of drug-likeness (QED) is 0.743. The molecule has 0 fully saturated rings. The minimum absolute atomic E-state index is 0.00720. The summed E-state index contributed by atoms with van der Waals surface area (Å²) in [5.74, 6) is -0.375. The van der Waals surface area contributed by atoms with E-state index in [1.165, 1.54) is 12.1 Å². The number of ether oxygens (including phenoxy) is 1. The molecule has 0 unspecified atom stereocenters. The molecular weight excluding hydrogens is 347 g/mol. The second-order valence-electron chi connectivity index (χ2n) is 4.16. The standard InChI is InChI=1S/C15H11BrClFO2/c1-20-10-5-6-12(16)9(7-10)8-14(19)11-3-2-4-13(17)15(11)18/h2-7H,8H2,1H3. The van der Waals surface area contributed by atoms with Crippen molar-refractivity contribution in [2.45, 2.75) is 6.42 Å². The summed E-state index contributed by atoms with van der Waals surface area (Å²) in [6.45, 7) is 0. The lowest BCUT2D eigenvalue weighted by Crippen LogP contribution is -2.07. The van der Waals surface area contributed by atoms with Gasteiger partial charge in [-0.1, -0.05) is 33.6 Å². The molecule has 20 heavy (non-hydrogen) atoms. The maximum absolute atomic E-state index is 13.8. The van der Waals surface area contributed by atoms with E-state index in [-0.39, 0.29) is 22.8 Å².